The number of morpholine rings is 1. The van der Waals surface area contributed by atoms with Crippen LogP contribution in [0.15, 0.2) is 53.4 Å². The quantitative estimate of drug-likeness (QED) is 0.593. The lowest BCUT2D eigenvalue weighted by Gasteiger charge is -2.34. The summed E-state index contributed by atoms with van der Waals surface area (Å²) in [6, 6.07) is 13.4. The number of benzene rings is 2. The van der Waals surface area contributed by atoms with Gasteiger partial charge in [-0.3, -0.25) is 4.79 Å². The Morgan fingerprint density at radius 2 is 1.62 bits per heavy atom. The van der Waals surface area contributed by atoms with Gasteiger partial charge >= 0.3 is 0 Å². The summed E-state index contributed by atoms with van der Waals surface area (Å²) in [7, 11) is -3.80. The second kappa shape index (κ2) is 8.92. The second-order valence-corrected chi connectivity index (χ2v) is 10.7. The number of nitrogens with two attached hydrogens (primary N) is 1. The zero-order valence-corrected chi connectivity index (χ0v) is 19.9. The van der Waals surface area contributed by atoms with Crippen LogP contribution >= 0.6 is 22.9 Å². The van der Waals surface area contributed by atoms with Crippen LogP contribution in [0, 0.1) is 0 Å². The number of halogens is 1. The minimum absolute atomic E-state index is 0.0198. The van der Waals surface area contributed by atoms with Gasteiger partial charge in [0.25, 0.3) is 5.91 Å². The fraction of sp³-hybridized carbons (Fsp3) is 0.273. The molecule has 0 unspecified atom stereocenters. The number of rotatable bonds is 4. The van der Waals surface area contributed by atoms with Crippen molar-refractivity contribution < 1.29 is 17.9 Å². The van der Waals surface area contributed by atoms with Crippen molar-refractivity contribution in [2.24, 2.45) is 5.14 Å². The topological polar surface area (TPSA) is 103 Å². The highest BCUT2D eigenvalue weighted by Gasteiger charge is 2.29. The van der Waals surface area contributed by atoms with Crippen LogP contribution in [0.1, 0.15) is 23.6 Å². The number of hydrogen-bond acceptors (Lipinski definition) is 6. The molecule has 1 saturated heterocycles. The van der Waals surface area contributed by atoms with E-state index in [4.69, 9.17) is 21.5 Å². The van der Waals surface area contributed by atoms with E-state index in [1.165, 1.54) is 23.5 Å². The summed E-state index contributed by atoms with van der Waals surface area (Å²) in [6.07, 6.45) is -0.104. The first-order chi connectivity index (χ1) is 15.1. The van der Waals surface area contributed by atoms with Crippen LogP contribution in [-0.2, 0) is 14.8 Å². The number of carbonyl (C=O) groups is 1. The van der Waals surface area contributed by atoms with Crippen LogP contribution in [-0.4, -0.2) is 49.5 Å². The average molecular weight is 492 g/mol. The third kappa shape index (κ3) is 4.87. The van der Waals surface area contributed by atoms with Gasteiger partial charge in [0.15, 0.2) is 5.01 Å². The molecule has 168 valence electrons. The Bertz CT molecular complexity index is 1230. The van der Waals surface area contributed by atoms with Gasteiger partial charge < -0.3 is 9.64 Å². The van der Waals surface area contributed by atoms with E-state index in [9.17, 15) is 13.2 Å². The van der Waals surface area contributed by atoms with Crippen molar-refractivity contribution in [1.29, 1.82) is 0 Å². The minimum Gasteiger partial charge on any atom is -0.372 e. The number of sulfonamides is 1. The van der Waals surface area contributed by atoms with Crippen LogP contribution in [0.5, 0.6) is 0 Å². The predicted octanol–water partition coefficient (Wildman–Crippen LogP) is 4.03. The molecule has 4 rings (SSSR count). The van der Waals surface area contributed by atoms with Gasteiger partial charge in [-0.05, 0) is 43.7 Å². The number of hydrogen-bond donors (Lipinski definition) is 1. The molecular weight excluding hydrogens is 470 g/mol. The van der Waals surface area contributed by atoms with E-state index >= 15 is 0 Å². The molecule has 1 aliphatic heterocycles. The first-order valence-corrected chi connectivity index (χ1v) is 12.7. The highest BCUT2D eigenvalue weighted by atomic mass is 35.5. The van der Waals surface area contributed by atoms with Crippen molar-refractivity contribution in [2.45, 2.75) is 31.0 Å². The van der Waals surface area contributed by atoms with Gasteiger partial charge in [-0.2, -0.15) is 0 Å². The molecule has 2 heterocycles. The number of carbonyl (C=O) groups excluding carboxylic acids is 1. The molecule has 2 aromatic carbocycles. The number of aromatic nitrogens is 1. The van der Waals surface area contributed by atoms with E-state index < -0.39 is 10.0 Å². The fourth-order valence-electron chi connectivity index (χ4n) is 3.69. The summed E-state index contributed by atoms with van der Waals surface area (Å²) >= 11 is 7.31. The maximum absolute atomic E-state index is 13.3. The molecule has 0 saturated carbocycles. The van der Waals surface area contributed by atoms with E-state index in [1.54, 1.807) is 29.2 Å². The number of primary sulfonamides is 1. The molecule has 3 aromatic rings. The zero-order valence-electron chi connectivity index (χ0n) is 17.5. The van der Waals surface area contributed by atoms with Crippen LogP contribution in [0.2, 0.25) is 5.02 Å². The molecule has 32 heavy (non-hydrogen) atoms. The smallest absolute Gasteiger partial charge is 0.283 e. The van der Waals surface area contributed by atoms with Gasteiger partial charge in [0, 0.05) is 23.7 Å². The van der Waals surface area contributed by atoms with Crippen molar-refractivity contribution in [3.8, 4) is 21.7 Å². The number of ether oxygens (including phenoxy) is 1. The molecule has 2 atom stereocenters. The highest BCUT2D eigenvalue weighted by molar-refractivity contribution is 7.89. The van der Waals surface area contributed by atoms with Crippen molar-refractivity contribution >= 4 is 38.9 Å². The second-order valence-electron chi connectivity index (χ2n) is 7.74. The highest BCUT2D eigenvalue weighted by Crippen LogP contribution is 2.38. The van der Waals surface area contributed by atoms with Gasteiger partial charge in [0.2, 0.25) is 10.0 Å². The minimum atomic E-state index is -3.80. The predicted molar refractivity (Wildman–Crippen MR) is 125 cm³/mol. The van der Waals surface area contributed by atoms with Crippen molar-refractivity contribution in [2.75, 3.05) is 13.1 Å². The van der Waals surface area contributed by atoms with E-state index in [0.717, 1.165) is 16.0 Å². The summed E-state index contributed by atoms with van der Waals surface area (Å²) in [4.78, 5) is 20.5. The fourth-order valence-corrected chi connectivity index (χ4v) is 5.39. The molecule has 0 aliphatic carbocycles. The largest absolute Gasteiger partial charge is 0.372 e. The first kappa shape index (κ1) is 22.9. The maximum atomic E-state index is 13.3. The van der Waals surface area contributed by atoms with E-state index in [-0.39, 0.29) is 23.0 Å². The monoisotopic (exact) mass is 491 g/mol. The number of amides is 1. The van der Waals surface area contributed by atoms with Gasteiger partial charge in [-0.15, -0.1) is 11.3 Å². The van der Waals surface area contributed by atoms with Gasteiger partial charge in [0.1, 0.15) is 0 Å². The standard InChI is InChI=1S/C22H22ClN3O4S2/c1-13-11-26(12-14(2)30-13)22(27)21-25-19(15-3-7-17(23)8-4-15)20(31-21)16-5-9-18(10-6-16)32(24,28)29/h3-10,13-14H,11-12H2,1-2H3,(H2,24,28,29)/t13-,14+. The number of thiazole rings is 1. The Morgan fingerprint density at radius 1 is 1.06 bits per heavy atom. The third-order valence-corrected chi connectivity index (χ3v) is 7.35. The molecule has 1 aromatic heterocycles. The first-order valence-electron chi connectivity index (χ1n) is 9.96. The Kier molecular flexibility index (Phi) is 6.37. The molecule has 0 spiro atoms. The molecule has 10 heteroatoms. The Labute approximate surface area is 195 Å². The summed E-state index contributed by atoms with van der Waals surface area (Å²) in [5.41, 5.74) is 2.18. The SMILES string of the molecule is C[C@@H]1CN(C(=O)c2nc(-c3ccc(Cl)cc3)c(-c3ccc(S(N)(=O)=O)cc3)s2)C[C@H](C)O1. The molecule has 0 bridgehead atoms. The van der Waals surface area contributed by atoms with Gasteiger partial charge in [-0.25, -0.2) is 18.5 Å². The lowest BCUT2D eigenvalue weighted by Crippen LogP contribution is -2.48. The number of nitrogens with zero attached hydrogens (tertiary/aromatic N) is 2. The molecule has 1 amide bonds. The van der Waals surface area contributed by atoms with Crippen molar-refractivity contribution in [3.05, 3.63) is 58.6 Å². The molecule has 1 aliphatic rings. The van der Waals surface area contributed by atoms with Crippen LogP contribution in [0.3, 0.4) is 0 Å². The Hall–Kier alpha value is -2.30. The average Bonchev–Trinajstić information content (AvgIpc) is 3.18. The van der Waals surface area contributed by atoms with Crippen LogP contribution in [0.4, 0.5) is 0 Å². The molecule has 1 fully saturated rings. The van der Waals surface area contributed by atoms with Gasteiger partial charge in [-0.1, -0.05) is 35.9 Å². The van der Waals surface area contributed by atoms with Crippen LogP contribution in [0.25, 0.3) is 21.7 Å². The maximum Gasteiger partial charge on any atom is 0.283 e. The van der Waals surface area contributed by atoms with E-state index in [2.05, 4.69) is 4.98 Å². The third-order valence-electron chi connectivity index (χ3n) is 5.08. The van der Waals surface area contributed by atoms with E-state index in [0.29, 0.717) is 28.8 Å². The molecular formula is C22H22ClN3O4S2. The lowest BCUT2D eigenvalue weighted by molar-refractivity contribution is -0.0586. The summed E-state index contributed by atoms with van der Waals surface area (Å²) in [5, 5.41) is 6.17. The summed E-state index contributed by atoms with van der Waals surface area (Å²) in [6.45, 7) is 4.87. The Morgan fingerprint density at radius 3 is 2.19 bits per heavy atom. The van der Waals surface area contributed by atoms with Crippen molar-refractivity contribution in [1.82, 2.24) is 9.88 Å². The van der Waals surface area contributed by atoms with E-state index in [1.807, 2.05) is 26.0 Å². The summed E-state index contributed by atoms with van der Waals surface area (Å²) in [5.74, 6) is -0.153. The van der Waals surface area contributed by atoms with Crippen LogP contribution < -0.4 is 5.14 Å². The van der Waals surface area contributed by atoms with Gasteiger partial charge in [0.05, 0.1) is 27.7 Å². The lowest BCUT2D eigenvalue weighted by atomic mass is 10.1. The normalized spacial score (nSPS) is 19.2. The Balaban J connectivity index is 1.77. The zero-order chi connectivity index (χ0) is 23.0. The van der Waals surface area contributed by atoms with Crippen molar-refractivity contribution in [3.63, 3.8) is 0 Å². The molecule has 7 nitrogen and oxygen atoms in total. The molecule has 2 N–H and O–H groups in total. The molecule has 0 radical (unpaired) electrons. The summed E-state index contributed by atoms with van der Waals surface area (Å²) < 4.78 is 29.0.